The van der Waals surface area contributed by atoms with Crippen molar-refractivity contribution in [3.05, 3.63) is 59.5 Å². The second kappa shape index (κ2) is 11.9. The van der Waals surface area contributed by atoms with Crippen molar-refractivity contribution in [2.24, 2.45) is 5.73 Å². The van der Waals surface area contributed by atoms with Gasteiger partial charge in [0.05, 0.1) is 18.2 Å². The van der Waals surface area contributed by atoms with Crippen molar-refractivity contribution < 1.29 is 9.21 Å². The molecule has 140 valence electrons. The summed E-state index contributed by atoms with van der Waals surface area (Å²) in [5, 5.41) is 3.00. The average Bonchev–Trinajstić information content (AvgIpc) is 3.08. The highest BCUT2D eigenvalue weighted by Crippen LogP contribution is 2.19. The highest BCUT2D eigenvalue weighted by Gasteiger charge is 2.19. The van der Waals surface area contributed by atoms with E-state index in [-0.39, 0.29) is 36.8 Å². The van der Waals surface area contributed by atoms with Crippen LogP contribution in [0.2, 0.25) is 0 Å². The van der Waals surface area contributed by atoms with Crippen LogP contribution in [-0.2, 0) is 6.54 Å². The zero-order chi connectivity index (χ0) is 16.7. The van der Waals surface area contributed by atoms with Gasteiger partial charge in [0.1, 0.15) is 12.0 Å². The fourth-order valence-electron chi connectivity index (χ4n) is 2.70. The van der Waals surface area contributed by atoms with E-state index < -0.39 is 0 Å². The van der Waals surface area contributed by atoms with Gasteiger partial charge >= 0.3 is 0 Å². The number of carbonyl (C=O) groups is 1. The number of hydrogen-bond acceptors (Lipinski definition) is 4. The first-order valence-corrected chi connectivity index (χ1v) is 8.04. The minimum Gasteiger partial charge on any atom is -0.467 e. The molecule has 0 aliphatic carbocycles. The summed E-state index contributed by atoms with van der Waals surface area (Å²) in [6, 6.07) is 12.1. The van der Waals surface area contributed by atoms with Crippen molar-refractivity contribution in [1.29, 1.82) is 0 Å². The molecule has 7 heteroatoms. The van der Waals surface area contributed by atoms with E-state index in [1.807, 2.05) is 18.2 Å². The molecule has 0 radical (unpaired) electrons. The number of carbonyl (C=O) groups excluding carboxylic acids is 1. The predicted molar refractivity (Wildman–Crippen MR) is 106 cm³/mol. The molecule has 5 nitrogen and oxygen atoms in total. The number of benzene rings is 1. The lowest BCUT2D eigenvalue weighted by atomic mass is 10.0. The molecule has 1 aromatic heterocycles. The first-order valence-electron chi connectivity index (χ1n) is 8.04. The third-order valence-corrected chi connectivity index (χ3v) is 4.01. The van der Waals surface area contributed by atoms with E-state index in [1.54, 1.807) is 6.07 Å². The zero-order valence-corrected chi connectivity index (χ0v) is 16.2. The van der Waals surface area contributed by atoms with Crippen LogP contribution in [0.5, 0.6) is 0 Å². The van der Waals surface area contributed by atoms with Gasteiger partial charge in [-0.2, -0.15) is 0 Å². The molecular weight excluding hydrogens is 361 g/mol. The van der Waals surface area contributed by atoms with Crippen LogP contribution in [0, 0.1) is 0 Å². The number of nitrogens with zero attached hydrogens (tertiary/aromatic N) is 1. The molecule has 0 saturated heterocycles. The first-order chi connectivity index (χ1) is 11.2. The third kappa shape index (κ3) is 6.36. The van der Waals surface area contributed by atoms with Gasteiger partial charge < -0.3 is 15.5 Å². The Morgan fingerprint density at radius 1 is 1.20 bits per heavy atom. The standard InChI is InChI=1S/C18H25N3O2.2ClH/c1-3-21(4-2)17(14-8-6-5-7-9-14)12-20-18(22)15-10-16(11-19)23-13-15;;/h5-10,13,17H,3-4,11-12,19H2,1-2H3,(H,20,22);2*1H. The molecule has 0 spiro atoms. The second-order valence-electron chi connectivity index (χ2n) is 5.36. The largest absolute Gasteiger partial charge is 0.467 e. The van der Waals surface area contributed by atoms with Gasteiger partial charge in [-0.15, -0.1) is 24.8 Å². The lowest BCUT2D eigenvalue weighted by Gasteiger charge is -2.30. The van der Waals surface area contributed by atoms with E-state index in [0.717, 1.165) is 13.1 Å². The van der Waals surface area contributed by atoms with Crippen molar-refractivity contribution in [3.63, 3.8) is 0 Å². The Bertz CT molecular complexity index is 616. The Hall–Kier alpha value is -1.53. The SMILES string of the molecule is CCN(CC)C(CNC(=O)c1coc(CN)c1)c1ccccc1.Cl.Cl. The number of amides is 1. The van der Waals surface area contributed by atoms with Gasteiger partial charge in [-0.3, -0.25) is 9.69 Å². The number of likely N-dealkylation sites (N-methyl/N-ethyl adjacent to an activating group) is 1. The maximum atomic E-state index is 12.3. The Morgan fingerprint density at radius 2 is 1.84 bits per heavy atom. The molecule has 0 aliphatic rings. The van der Waals surface area contributed by atoms with Gasteiger partial charge in [0.2, 0.25) is 0 Å². The normalized spacial score (nSPS) is 11.4. The molecule has 1 amide bonds. The maximum absolute atomic E-state index is 12.3. The van der Waals surface area contributed by atoms with Crippen LogP contribution in [0.3, 0.4) is 0 Å². The van der Waals surface area contributed by atoms with Crippen LogP contribution in [0.1, 0.15) is 41.6 Å². The topological polar surface area (TPSA) is 71.5 Å². The minimum atomic E-state index is -0.137. The maximum Gasteiger partial charge on any atom is 0.254 e. The van der Waals surface area contributed by atoms with Gasteiger partial charge in [0.25, 0.3) is 5.91 Å². The highest BCUT2D eigenvalue weighted by molar-refractivity contribution is 5.94. The van der Waals surface area contributed by atoms with E-state index in [9.17, 15) is 4.79 Å². The highest BCUT2D eigenvalue weighted by atomic mass is 35.5. The van der Waals surface area contributed by atoms with Gasteiger partial charge in [-0.05, 0) is 24.7 Å². The molecule has 25 heavy (non-hydrogen) atoms. The fourth-order valence-corrected chi connectivity index (χ4v) is 2.70. The number of hydrogen-bond donors (Lipinski definition) is 2. The monoisotopic (exact) mass is 387 g/mol. The number of rotatable bonds is 8. The molecule has 1 unspecified atom stereocenters. The average molecular weight is 388 g/mol. The number of nitrogens with one attached hydrogen (secondary N) is 1. The summed E-state index contributed by atoms with van der Waals surface area (Å²) in [4.78, 5) is 14.6. The summed E-state index contributed by atoms with van der Waals surface area (Å²) in [7, 11) is 0. The van der Waals surface area contributed by atoms with Gasteiger partial charge in [0.15, 0.2) is 0 Å². The van der Waals surface area contributed by atoms with Gasteiger partial charge in [-0.25, -0.2) is 0 Å². The second-order valence-corrected chi connectivity index (χ2v) is 5.36. The number of nitrogens with two attached hydrogens (primary N) is 1. The molecule has 2 aromatic rings. The molecule has 3 N–H and O–H groups in total. The van der Waals surface area contributed by atoms with E-state index in [1.165, 1.54) is 11.8 Å². The Kier molecular flexibility index (Phi) is 11.2. The summed E-state index contributed by atoms with van der Waals surface area (Å²) in [6.07, 6.45) is 1.45. The van der Waals surface area contributed by atoms with Crippen LogP contribution in [0.15, 0.2) is 47.1 Å². The fraction of sp³-hybridized carbons (Fsp3) is 0.389. The molecule has 0 bridgehead atoms. The van der Waals surface area contributed by atoms with Crippen LogP contribution >= 0.6 is 24.8 Å². The van der Waals surface area contributed by atoms with Crippen molar-refractivity contribution in [2.45, 2.75) is 26.4 Å². The Labute approximate surface area is 161 Å². The smallest absolute Gasteiger partial charge is 0.254 e. The summed E-state index contributed by atoms with van der Waals surface area (Å²) in [6.45, 7) is 6.95. The molecule has 0 saturated carbocycles. The number of halogens is 2. The zero-order valence-electron chi connectivity index (χ0n) is 14.6. The van der Waals surface area contributed by atoms with E-state index in [2.05, 4.69) is 36.2 Å². The van der Waals surface area contributed by atoms with Crippen LogP contribution in [0.25, 0.3) is 0 Å². The summed E-state index contributed by atoms with van der Waals surface area (Å²) in [5.74, 6) is 0.472. The van der Waals surface area contributed by atoms with Crippen LogP contribution < -0.4 is 11.1 Å². The lowest BCUT2D eigenvalue weighted by Crippen LogP contribution is -2.38. The molecule has 0 fully saturated rings. The quantitative estimate of drug-likeness (QED) is 0.727. The van der Waals surface area contributed by atoms with E-state index in [0.29, 0.717) is 24.4 Å². The molecule has 1 aromatic carbocycles. The molecular formula is C18H27Cl2N3O2. The Balaban J connectivity index is 0.00000288. The van der Waals surface area contributed by atoms with Crippen molar-refractivity contribution in [3.8, 4) is 0 Å². The van der Waals surface area contributed by atoms with Crippen molar-refractivity contribution >= 4 is 30.7 Å². The van der Waals surface area contributed by atoms with Crippen LogP contribution in [0.4, 0.5) is 0 Å². The van der Waals surface area contributed by atoms with E-state index >= 15 is 0 Å². The predicted octanol–water partition coefficient (Wildman–Crippen LogP) is 3.39. The summed E-state index contributed by atoms with van der Waals surface area (Å²) < 4.78 is 5.22. The molecule has 1 heterocycles. The lowest BCUT2D eigenvalue weighted by molar-refractivity contribution is 0.0934. The first kappa shape index (κ1) is 23.5. The summed E-state index contributed by atoms with van der Waals surface area (Å²) >= 11 is 0. The minimum absolute atomic E-state index is 0. The third-order valence-electron chi connectivity index (χ3n) is 4.01. The molecule has 2 rings (SSSR count). The van der Waals surface area contributed by atoms with Crippen molar-refractivity contribution in [2.75, 3.05) is 19.6 Å². The Morgan fingerprint density at radius 3 is 2.36 bits per heavy atom. The molecule has 1 atom stereocenters. The van der Waals surface area contributed by atoms with Gasteiger partial charge in [-0.1, -0.05) is 44.2 Å². The van der Waals surface area contributed by atoms with E-state index in [4.69, 9.17) is 10.2 Å². The number of furan rings is 1. The van der Waals surface area contributed by atoms with Gasteiger partial charge in [0, 0.05) is 6.54 Å². The summed E-state index contributed by atoms with van der Waals surface area (Å²) in [5.41, 5.74) is 7.22. The molecule has 0 aliphatic heterocycles. The van der Waals surface area contributed by atoms with Crippen molar-refractivity contribution in [1.82, 2.24) is 10.2 Å². The van der Waals surface area contributed by atoms with Crippen LogP contribution in [-0.4, -0.2) is 30.4 Å².